The van der Waals surface area contributed by atoms with Gasteiger partial charge in [0.2, 0.25) is 0 Å². The zero-order valence-electron chi connectivity index (χ0n) is 11.3. The molecule has 1 aromatic carbocycles. The van der Waals surface area contributed by atoms with E-state index in [-0.39, 0.29) is 11.9 Å². The van der Waals surface area contributed by atoms with Gasteiger partial charge in [0.15, 0.2) is 5.69 Å². The van der Waals surface area contributed by atoms with Gasteiger partial charge < -0.3 is 15.4 Å². The number of nitrogens with one attached hydrogen (secondary N) is 2. The van der Waals surface area contributed by atoms with Crippen LogP contribution < -0.4 is 15.4 Å². The number of nitrogens with zero attached hydrogens (tertiary/aromatic N) is 3. The van der Waals surface area contributed by atoms with Gasteiger partial charge >= 0.3 is 0 Å². The van der Waals surface area contributed by atoms with Crippen molar-refractivity contribution in [1.82, 2.24) is 20.3 Å². The Labute approximate surface area is 129 Å². The molecule has 0 unspecified atom stereocenters. The van der Waals surface area contributed by atoms with E-state index in [9.17, 15) is 4.79 Å². The molecule has 1 saturated heterocycles. The molecule has 1 aromatic heterocycles. The molecule has 0 radical (unpaired) electrons. The van der Waals surface area contributed by atoms with Gasteiger partial charge in [0.1, 0.15) is 5.75 Å². The van der Waals surface area contributed by atoms with Gasteiger partial charge in [-0.2, -0.15) is 0 Å². The van der Waals surface area contributed by atoms with Gasteiger partial charge in [-0.15, -0.1) is 5.10 Å². The molecule has 0 atom stereocenters. The van der Waals surface area contributed by atoms with Crippen molar-refractivity contribution in [2.75, 3.05) is 25.5 Å². The van der Waals surface area contributed by atoms with E-state index in [1.165, 1.54) is 0 Å². The normalized spacial score (nSPS) is 14.6. The van der Waals surface area contributed by atoms with Gasteiger partial charge in [0.25, 0.3) is 5.91 Å². The fourth-order valence-electron chi connectivity index (χ4n) is 1.96. The first-order valence-corrected chi connectivity index (χ1v) is 7.24. The number of anilines is 1. The number of hydrogen-bond donors (Lipinski definition) is 2. The zero-order valence-corrected chi connectivity index (χ0v) is 12.9. The second-order valence-corrected chi connectivity index (χ2v) is 5.55. The molecule has 21 heavy (non-hydrogen) atoms. The molecule has 3 rings (SSSR count). The lowest BCUT2D eigenvalue weighted by Crippen LogP contribution is -2.43. The molecule has 0 aliphatic carbocycles. The molecule has 2 aromatic rings. The van der Waals surface area contributed by atoms with Crippen molar-refractivity contribution in [1.29, 1.82) is 0 Å². The molecule has 7 nitrogen and oxygen atoms in total. The predicted octanol–water partition coefficient (Wildman–Crippen LogP) is 1.45. The monoisotopic (exact) mass is 351 g/mol. The van der Waals surface area contributed by atoms with Gasteiger partial charge in [-0.1, -0.05) is 5.21 Å². The Morgan fingerprint density at radius 3 is 2.95 bits per heavy atom. The minimum atomic E-state index is -0.286. The molecule has 1 amide bonds. The van der Waals surface area contributed by atoms with Gasteiger partial charge in [0.05, 0.1) is 23.8 Å². The summed E-state index contributed by atoms with van der Waals surface area (Å²) < 4.78 is 7.63. The Bertz CT molecular complexity index is 668. The third-order valence-electron chi connectivity index (χ3n) is 3.29. The van der Waals surface area contributed by atoms with E-state index < -0.39 is 0 Å². The van der Waals surface area contributed by atoms with Crippen molar-refractivity contribution in [3.63, 3.8) is 0 Å². The molecule has 2 N–H and O–H groups in total. The molecule has 110 valence electrons. The van der Waals surface area contributed by atoms with E-state index in [2.05, 4.69) is 36.9 Å². The Kier molecular flexibility index (Phi) is 3.89. The third kappa shape index (κ3) is 2.91. The standard InChI is InChI=1S/C13H14BrN5O2/c1-21-12-3-2-8(4-10(12)14)16-13(20)11-7-19(18-17-11)9-5-15-6-9/h2-4,7,9,15H,5-6H2,1H3,(H,16,20). The summed E-state index contributed by atoms with van der Waals surface area (Å²) in [7, 11) is 1.59. The Morgan fingerprint density at radius 2 is 2.33 bits per heavy atom. The van der Waals surface area contributed by atoms with Gasteiger partial charge in [0, 0.05) is 18.8 Å². The summed E-state index contributed by atoms with van der Waals surface area (Å²) in [6.07, 6.45) is 1.67. The summed E-state index contributed by atoms with van der Waals surface area (Å²) in [6.45, 7) is 1.71. The lowest BCUT2D eigenvalue weighted by molar-refractivity contribution is 0.102. The molecule has 1 aliphatic rings. The zero-order chi connectivity index (χ0) is 14.8. The number of halogens is 1. The van der Waals surface area contributed by atoms with Crippen molar-refractivity contribution in [2.24, 2.45) is 0 Å². The van der Waals surface area contributed by atoms with Crippen LogP contribution in [-0.4, -0.2) is 41.1 Å². The van der Waals surface area contributed by atoms with E-state index in [0.717, 1.165) is 17.6 Å². The second-order valence-electron chi connectivity index (χ2n) is 4.70. The Morgan fingerprint density at radius 1 is 1.52 bits per heavy atom. The Hall–Kier alpha value is -1.93. The first kappa shape index (κ1) is 14.0. The molecular formula is C13H14BrN5O2. The number of rotatable bonds is 4. The largest absolute Gasteiger partial charge is 0.496 e. The first-order chi connectivity index (χ1) is 10.2. The van der Waals surface area contributed by atoms with E-state index in [1.54, 1.807) is 36.2 Å². The molecule has 1 fully saturated rings. The number of carbonyl (C=O) groups is 1. The van der Waals surface area contributed by atoms with Crippen LogP contribution in [0, 0.1) is 0 Å². The maximum absolute atomic E-state index is 12.1. The molecule has 2 heterocycles. The maximum atomic E-state index is 12.1. The van der Waals surface area contributed by atoms with E-state index in [1.807, 2.05) is 0 Å². The Balaban J connectivity index is 1.70. The van der Waals surface area contributed by atoms with Crippen LogP contribution in [0.25, 0.3) is 0 Å². The smallest absolute Gasteiger partial charge is 0.277 e. The number of hydrogen-bond acceptors (Lipinski definition) is 5. The topological polar surface area (TPSA) is 81.1 Å². The maximum Gasteiger partial charge on any atom is 0.277 e. The lowest BCUT2D eigenvalue weighted by atomic mass is 10.2. The summed E-state index contributed by atoms with van der Waals surface area (Å²) in [4.78, 5) is 12.1. The van der Waals surface area contributed by atoms with Crippen LogP contribution in [0.3, 0.4) is 0 Å². The van der Waals surface area contributed by atoms with Crippen LogP contribution in [0.1, 0.15) is 16.5 Å². The molecular weight excluding hydrogens is 338 g/mol. The van der Waals surface area contributed by atoms with Crippen LogP contribution in [0.2, 0.25) is 0 Å². The van der Waals surface area contributed by atoms with Crippen LogP contribution in [0.5, 0.6) is 5.75 Å². The number of ether oxygens (including phenoxy) is 1. The average molecular weight is 352 g/mol. The van der Waals surface area contributed by atoms with E-state index in [0.29, 0.717) is 17.1 Å². The van der Waals surface area contributed by atoms with E-state index in [4.69, 9.17) is 4.74 Å². The number of benzene rings is 1. The lowest BCUT2D eigenvalue weighted by Gasteiger charge is -2.26. The molecule has 8 heteroatoms. The summed E-state index contributed by atoms with van der Waals surface area (Å²) >= 11 is 3.38. The van der Waals surface area contributed by atoms with Crippen molar-refractivity contribution in [2.45, 2.75) is 6.04 Å². The average Bonchev–Trinajstić information content (AvgIpc) is 2.86. The highest BCUT2D eigenvalue weighted by Crippen LogP contribution is 2.27. The highest BCUT2D eigenvalue weighted by Gasteiger charge is 2.21. The molecule has 0 saturated carbocycles. The minimum absolute atomic E-state index is 0.286. The highest BCUT2D eigenvalue weighted by atomic mass is 79.9. The predicted molar refractivity (Wildman–Crippen MR) is 80.6 cm³/mol. The molecule has 0 bridgehead atoms. The number of amides is 1. The summed E-state index contributed by atoms with van der Waals surface area (Å²) in [5, 5.41) is 13.8. The van der Waals surface area contributed by atoms with Crippen molar-refractivity contribution in [3.8, 4) is 5.75 Å². The van der Waals surface area contributed by atoms with Crippen molar-refractivity contribution < 1.29 is 9.53 Å². The summed E-state index contributed by atoms with van der Waals surface area (Å²) in [6, 6.07) is 5.60. The fraction of sp³-hybridized carbons (Fsp3) is 0.308. The van der Waals surface area contributed by atoms with E-state index >= 15 is 0 Å². The van der Waals surface area contributed by atoms with Crippen LogP contribution >= 0.6 is 15.9 Å². The van der Waals surface area contributed by atoms with Crippen LogP contribution in [0.4, 0.5) is 5.69 Å². The van der Waals surface area contributed by atoms with Gasteiger partial charge in [-0.25, -0.2) is 4.68 Å². The summed E-state index contributed by atoms with van der Waals surface area (Å²) in [5.41, 5.74) is 0.960. The first-order valence-electron chi connectivity index (χ1n) is 6.45. The fourth-order valence-corrected chi connectivity index (χ4v) is 2.50. The SMILES string of the molecule is COc1ccc(NC(=O)c2cn(C3CNC3)nn2)cc1Br. The number of carbonyl (C=O) groups excluding carboxylic acids is 1. The highest BCUT2D eigenvalue weighted by molar-refractivity contribution is 9.10. The van der Waals surface area contributed by atoms with Crippen molar-refractivity contribution >= 4 is 27.5 Å². The van der Waals surface area contributed by atoms with Gasteiger partial charge in [-0.05, 0) is 34.1 Å². The second kappa shape index (κ2) is 5.82. The van der Waals surface area contributed by atoms with Crippen LogP contribution in [0.15, 0.2) is 28.9 Å². The quantitative estimate of drug-likeness (QED) is 0.871. The van der Waals surface area contributed by atoms with Crippen molar-refractivity contribution in [3.05, 3.63) is 34.6 Å². The van der Waals surface area contributed by atoms with Gasteiger partial charge in [-0.3, -0.25) is 4.79 Å². The summed E-state index contributed by atoms with van der Waals surface area (Å²) in [5.74, 6) is 0.419. The molecule has 0 spiro atoms. The van der Waals surface area contributed by atoms with Crippen LogP contribution in [-0.2, 0) is 0 Å². The minimum Gasteiger partial charge on any atom is -0.496 e. The third-order valence-corrected chi connectivity index (χ3v) is 3.91. The molecule has 1 aliphatic heterocycles. The number of aromatic nitrogens is 3. The number of methoxy groups -OCH3 is 1.